The molecule has 0 bridgehead atoms. The molecule has 1 amide bonds. The zero-order chi connectivity index (χ0) is 19.1. The summed E-state index contributed by atoms with van der Waals surface area (Å²) in [6, 6.07) is 11.8. The van der Waals surface area contributed by atoms with Crippen molar-refractivity contribution in [1.82, 2.24) is 5.32 Å². The van der Waals surface area contributed by atoms with Crippen molar-refractivity contribution >= 4 is 18.0 Å². The summed E-state index contributed by atoms with van der Waals surface area (Å²) in [4.78, 5) is 23.6. The number of aryl methyl sites for hydroxylation is 2. The van der Waals surface area contributed by atoms with Crippen LogP contribution in [0.1, 0.15) is 35.2 Å². The second-order valence-corrected chi connectivity index (χ2v) is 6.10. The molecule has 2 rings (SSSR count). The molecule has 2 aromatic carbocycles. The maximum absolute atomic E-state index is 13.4. The first-order valence-electron chi connectivity index (χ1n) is 8.32. The molecule has 5 heteroatoms. The van der Waals surface area contributed by atoms with Crippen LogP contribution in [-0.4, -0.2) is 18.5 Å². The van der Waals surface area contributed by atoms with Gasteiger partial charge in [0.05, 0.1) is 6.04 Å². The van der Waals surface area contributed by atoms with E-state index in [9.17, 15) is 14.0 Å². The van der Waals surface area contributed by atoms with Gasteiger partial charge < -0.3 is 10.1 Å². The standard InChI is InChI=1S/C21H22FNO3/c1-14-8-9-18(12-15(14)2)16(3)23-20(24)13-26-21(25)11-10-17-6-4-5-7-19(17)22/h4-12,16H,13H2,1-3H3,(H,23,24)/b11-10+/t16-/m1/s1. The van der Waals surface area contributed by atoms with Crippen LogP contribution in [0.3, 0.4) is 0 Å². The van der Waals surface area contributed by atoms with Crippen LogP contribution in [0, 0.1) is 19.7 Å². The van der Waals surface area contributed by atoms with Gasteiger partial charge in [0.2, 0.25) is 0 Å². The van der Waals surface area contributed by atoms with E-state index in [0.29, 0.717) is 0 Å². The molecule has 2 aromatic rings. The lowest BCUT2D eigenvalue weighted by atomic mass is 10.0. The summed E-state index contributed by atoms with van der Waals surface area (Å²) >= 11 is 0. The van der Waals surface area contributed by atoms with Gasteiger partial charge in [0.1, 0.15) is 5.82 Å². The summed E-state index contributed by atoms with van der Waals surface area (Å²) in [6.45, 7) is 5.51. The number of hydrogen-bond donors (Lipinski definition) is 1. The second-order valence-electron chi connectivity index (χ2n) is 6.10. The van der Waals surface area contributed by atoms with E-state index < -0.39 is 24.3 Å². The van der Waals surface area contributed by atoms with Gasteiger partial charge in [-0.3, -0.25) is 4.79 Å². The number of nitrogens with one attached hydrogen (secondary N) is 1. The Morgan fingerprint density at radius 2 is 1.88 bits per heavy atom. The fourth-order valence-corrected chi connectivity index (χ4v) is 2.35. The van der Waals surface area contributed by atoms with Crippen molar-refractivity contribution in [2.75, 3.05) is 6.61 Å². The van der Waals surface area contributed by atoms with Crippen molar-refractivity contribution in [3.8, 4) is 0 Å². The third-order valence-electron chi connectivity index (χ3n) is 4.06. The minimum Gasteiger partial charge on any atom is -0.452 e. The van der Waals surface area contributed by atoms with Crippen molar-refractivity contribution < 1.29 is 18.7 Å². The summed E-state index contributed by atoms with van der Waals surface area (Å²) in [6.07, 6.45) is 2.41. The highest BCUT2D eigenvalue weighted by atomic mass is 19.1. The molecule has 1 N–H and O–H groups in total. The summed E-state index contributed by atoms with van der Waals surface area (Å²) in [7, 11) is 0. The molecule has 0 aromatic heterocycles. The number of carbonyl (C=O) groups excluding carboxylic acids is 2. The molecule has 26 heavy (non-hydrogen) atoms. The normalized spacial score (nSPS) is 12.0. The Balaban J connectivity index is 1.83. The molecule has 1 atom stereocenters. The minimum absolute atomic E-state index is 0.200. The van der Waals surface area contributed by atoms with Gasteiger partial charge in [-0.1, -0.05) is 36.4 Å². The largest absolute Gasteiger partial charge is 0.452 e. The molecular formula is C21H22FNO3. The van der Waals surface area contributed by atoms with E-state index in [1.54, 1.807) is 12.1 Å². The number of carbonyl (C=O) groups is 2. The van der Waals surface area contributed by atoms with Crippen LogP contribution in [0.2, 0.25) is 0 Å². The molecule has 0 spiro atoms. The number of ether oxygens (including phenoxy) is 1. The van der Waals surface area contributed by atoms with Crippen molar-refractivity contribution in [3.63, 3.8) is 0 Å². The molecule has 0 aliphatic heterocycles. The Labute approximate surface area is 152 Å². The molecule has 0 unspecified atom stereocenters. The van der Waals surface area contributed by atoms with E-state index in [-0.39, 0.29) is 11.6 Å². The predicted molar refractivity (Wildman–Crippen MR) is 98.9 cm³/mol. The van der Waals surface area contributed by atoms with Crippen molar-refractivity contribution in [2.24, 2.45) is 0 Å². The summed E-state index contributed by atoms with van der Waals surface area (Å²) in [5, 5.41) is 2.78. The molecule has 0 fully saturated rings. The highest BCUT2D eigenvalue weighted by Gasteiger charge is 2.11. The predicted octanol–water partition coefficient (Wildman–Crippen LogP) is 3.88. The Kier molecular flexibility index (Phi) is 6.67. The molecular weight excluding hydrogens is 333 g/mol. The van der Waals surface area contributed by atoms with E-state index >= 15 is 0 Å². The van der Waals surface area contributed by atoms with Gasteiger partial charge in [-0.25, -0.2) is 9.18 Å². The molecule has 0 aliphatic rings. The SMILES string of the molecule is Cc1ccc([C@@H](C)NC(=O)COC(=O)/C=C/c2ccccc2F)cc1C. The molecule has 0 saturated carbocycles. The van der Waals surface area contributed by atoms with E-state index in [2.05, 4.69) is 5.32 Å². The Morgan fingerprint density at radius 3 is 2.58 bits per heavy atom. The number of benzene rings is 2. The van der Waals surface area contributed by atoms with E-state index in [4.69, 9.17) is 4.74 Å². The van der Waals surface area contributed by atoms with E-state index in [0.717, 1.165) is 17.2 Å². The number of esters is 1. The fourth-order valence-electron chi connectivity index (χ4n) is 2.35. The highest BCUT2D eigenvalue weighted by Crippen LogP contribution is 2.16. The first-order chi connectivity index (χ1) is 12.4. The average molecular weight is 355 g/mol. The van der Waals surface area contributed by atoms with Gasteiger partial charge in [-0.05, 0) is 49.6 Å². The molecule has 4 nitrogen and oxygen atoms in total. The molecule has 0 heterocycles. The zero-order valence-corrected chi connectivity index (χ0v) is 15.1. The molecule has 0 saturated heterocycles. The van der Waals surface area contributed by atoms with Gasteiger partial charge >= 0.3 is 5.97 Å². The summed E-state index contributed by atoms with van der Waals surface area (Å²) in [5.74, 6) is -1.54. The average Bonchev–Trinajstić information content (AvgIpc) is 2.61. The first kappa shape index (κ1) is 19.4. The fraction of sp³-hybridized carbons (Fsp3) is 0.238. The van der Waals surface area contributed by atoms with Gasteiger partial charge in [0, 0.05) is 11.6 Å². The molecule has 136 valence electrons. The Morgan fingerprint density at radius 1 is 1.15 bits per heavy atom. The third kappa shape index (κ3) is 5.55. The topological polar surface area (TPSA) is 55.4 Å². The number of amides is 1. The first-order valence-corrected chi connectivity index (χ1v) is 8.32. The van der Waals surface area contributed by atoms with Crippen LogP contribution in [0.25, 0.3) is 6.08 Å². The van der Waals surface area contributed by atoms with Crippen molar-refractivity contribution in [3.05, 3.63) is 76.6 Å². The summed E-state index contributed by atoms with van der Waals surface area (Å²) < 4.78 is 18.3. The number of rotatable bonds is 6. The van der Waals surface area contributed by atoms with Gasteiger partial charge in [-0.2, -0.15) is 0 Å². The smallest absolute Gasteiger partial charge is 0.331 e. The Hall–Kier alpha value is -2.95. The number of halogens is 1. The highest BCUT2D eigenvalue weighted by molar-refractivity contribution is 5.89. The van der Waals surface area contributed by atoms with Gasteiger partial charge in [0.25, 0.3) is 5.91 Å². The lowest BCUT2D eigenvalue weighted by molar-refractivity contribution is -0.144. The maximum Gasteiger partial charge on any atom is 0.331 e. The van der Waals surface area contributed by atoms with Gasteiger partial charge in [0.15, 0.2) is 6.61 Å². The molecule has 0 radical (unpaired) electrons. The van der Waals surface area contributed by atoms with E-state index in [1.807, 2.05) is 39.0 Å². The Bertz CT molecular complexity index is 830. The maximum atomic E-state index is 13.4. The van der Waals surface area contributed by atoms with Crippen LogP contribution in [0.4, 0.5) is 4.39 Å². The minimum atomic E-state index is -0.706. The lowest BCUT2D eigenvalue weighted by Gasteiger charge is -2.15. The van der Waals surface area contributed by atoms with Crippen LogP contribution >= 0.6 is 0 Å². The second kappa shape index (κ2) is 8.94. The van der Waals surface area contributed by atoms with Gasteiger partial charge in [-0.15, -0.1) is 0 Å². The number of hydrogen-bond acceptors (Lipinski definition) is 3. The molecule has 0 aliphatic carbocycles. The third-order valence-corrected chi connectivity index (χ3v) is 4.06. The van der Waals surface area contributed by atoms with Crippen LogP contribution in [0.15, 0.2) is 48.5 Å². The van der Waals surface area contributed by atoms with Crippen molar-refractivity contribution in [1.29, 1.82) is 0 Å². The lowest BCUT2D eigenvalue weighted by Crippen LogP contribution is -2.31. The van der Waals surface area contributed by atoms with Crippen LogP contribution < -0.4 is 5.32 Å². The van der Waals surface area contributed by atoms with E-state index in [1.165, 1.54) is 23.8 Å². The quantitative estimate of drug-likeness (QED) is 0.632. The van der Waals surface area contributed by atoms with Crippen LogP contribution in [-0.2, 0) is 14.3 Å². The summed E-state index contributed by atoms with van der Waals surface area (Å²) in [5.41, 5.74) is 3.58. The van der Waals surface area contributed by atoms with Crippen molar-refractivity contribution in [2.45, 2.75) is 26.8 Å². The monoisotopic (exact) mass is 355 g/mol. The van der Waals surface area contributed by atoms with Crippen LogP contribution in [0.5, 0.6) is 0 Å². The zero-order valence-electron chi connectivity index (χ0n) is 15.1.